The van der Waals surface area contributed by atoms with Crippen molar-refractivity contribution in [1.29, 1.82) is 0 Å². The van der Waals surface area contributed by atoms with Gasteiger partial charge in [0.2, 0.25) is 0 Å². The van der Waals surface area contributed by atoms with Gasteiger partial charge in [-0.15, -0.1) is 0 Å². The summed E-state index contributed by atoms with van der Waals surface area (Å²) in [6, 6.07) is 7.86. The molecule has 84 valence electrons. The van der Waals surface area contributed by atoms with Gasteiger partial charge in [-0.1, -0.05) is 22.9 Å². The van der Waals surface area contributed by atoms with Crippen molar-refractivity contribution in [2.75, 3.05) is 12.3 Å². The molecule has 0 atom stereocenters. The lowest BCUT2D eigenvalue weighted by Gasteiger charge is -2.04. The number of nitrogens with two attached hydrogens (primary N) is 1. The number of aromatic nitrogens is 2. The Balaban J connectivity index is 1.84. The lowest BCUT2D eigenvalue weighted by molar-refractivity contribution is 0.293. The Hall–Kier alpha value is -2.04. The van der Waals surface area contributed by atoms with Crippen LogP contribution in [-0.4, -0.2) is 16.9 Å². The molecular formula is C11H13N3O2. The molecule has 2 N–H and O–H groups in total. The minimum absolute atomic E-state index is 0.326. The summed E-state index contributed by atoms with van der Waals surface area (Å²) in [5.41, 5.74) is 7.35. The third kappa shape index (κ3) is 2.50. The fraction of sp³-hybridized carbons (Fsp3) is 0.273. The van der Waals surface area contributed by atoms with E-state index in [-0.39, 0.29) is 0 Å². The molecule has 1 heterocycles. The van der Waals surface area contributed by atoms with E-state index in [1.54, 1.807) is 0 Å². The summed E-state index contributed by atoms with van der Waals surface area (Å²) >= 11 is 0. The fourth-order valence-corrected chi connectivity index (χ4v) is 1.29. The Bertz CT molecular complexity index is 451. The minimum Gasteiger partial charge on any atom is -0.493 e. The molecule has 1 aromatic heterocycles. The Labute approximate surface area is 93.2 Å². The van der Waals surface area contributed by atoms with Crippen molar-refractivity contribution < 1.29 is 9.37 Å². The van der Waals surface area contributed by atoms with Crippen molar-refractivity contribution in [2.24, 2.45) is 0 Å². The van der Waals surface area contributed by atoms with E-state index < -0.39 is 0 Å². The molecule has 0 saturated carbocycles. The van der Waals surface area contributed by atoms with Crippen LogP contribution in [0.4, 0.5) is 5.82 Å². The molecule has 0 aliphatic carbocycles. The van der Waals surface area contributed by atoms with Gasteiger partial charge in [-0.05, 0) is 24.2 Å². The van der Waals surface area contributed by atoms with Crippen molar-refractivity contribution in [2.45, 2.75) is 13.3 Å². The van der Waals surface area contributed by atoms with Crippen LogP contribution < -0.4 is 10.5 Å². The molecule has 0 spiro atoms. The Morgan fingerprint density at radius 1 is 1.25 bits per heavy atom. The van der Waals surface area contributed by atoms with Crippen LogP contribution in [0.25, 0.3) is 0 Å². The van der Waals surface area contributed by atoms with Crippen molar-refractivity contribution >= 4 is 5.82 Å². The molecule has 5 nitrogen and oxygen atoms in total. The first-order valence-electron chi connectivity index (χ1n) is 5.02. The molecule has 16 heavy (non-hydrogen) atoms. The van der Waals surface area contributed by atoms with E-state index in [9.17, 15) is 0 Å². The lowest BCUT2D eigenvalue weighted by Crippen LogP contribution is -2.03. The van der Waals surface area contributed by atoms with E-state index in [2.05, 4.69) is 14.9 Å². The first kappa shape index (κ1) is 10.5. The quantitative estimate of drug-likeness (QED) is 0.845. The van der Waals surface area contributed by atoms with Gasteiger partial charge in [0.1, 0.15) is 11.4 Å². The van der Waals surface area contributed by atoms with Gasteiger partial charge in [0.05, 0.1) is 6.61 Å². The number of hydrogen-bond donors (Lipinski definition) is 1. The van der Waals surface area contributed by atoms with Crippen LogP contribution in [0.5, 0.6) is 5.75 Å². The Morgan fingerprint density at radius 3 is 2.62 bits per heavy atom. The van der Waals surface area contributed by atoms with E-state index in [1.165, 1.54) is 5.56 Å². The third-order valence-corrected chi connectivity index (χ3v) is 2.21. The molecule has 5 heteroatoms. The minimum atomic E-state index is 0.326. The number of nitrogen functional groups attached to an aromatic ring is 1. The highest BCUT2D eigenvalue weighted by Gasteiger charge is 2.05. The molecule has 0 bridgehead atoms. The number of benzene rings is 1. The lowest BCUT2D eigenvalue weighted by atomic mass is 10.2. The average molecular weight is 219 g/mol. The standard InChI is InChI=1S/C11H13N3O2/c1-8-2-4-9(5-3-8)15-7-6-10-11(12)14-16-13-10/h2-5H,6-7H2,1H3,(H2,12,14). The summed E-state index contributed by atoms with van der Waals surface area (Å²) in [7, 11) is 0. The van der Waals surface area contributed by atoms with Crippen molar-refractivity contribution in [3.63, 3.8) is 0 Å². The highest BCUT2D eigenvalue weighted by atomic mass is 16.6. The maximum Gasteiger partial charge on any atom is 0.191 e. The normalized spacial score (nSPS) is 10.3. The summed E-state index contributed by atoms with van der Waals surface area (Å²) in [5, 5.41) is 7.16. The van der Waals surface area contributed by atoms with Gasteiger partial charge in [0, 0.05) is 6.42 Å². The largest absolute Gasteiger partial charge is 0.493 e. The van der Waals surface area contributed by atoms with Gasteiger partial charge < -0.3 is 10.5 Å². The number of rotatable bonds is 4. The van der Waals surface area contributed by atoms with E-state index in [4.69, 9.17) is 10.5 Å². The second-order valence-corrected chi connectivity index (χ2v) is 3.51. The molecule has 0 amide bonds. The number of anilines is 1. The molecule has 0 fully saturated rings. The fourth-order valence-electron chi connectivity index (χ4n) is 1.29. The van der Waals surface area contributed by atoms with Crippen molar-refractivity contribution in [3.8, 4) is 5.75 Å². The van der Waals surface area contributed by atoms with Crippen molar-refractivity contribution in [3.05, 3.63) is 35.5 Å². The summed E-state index contributed by atoms with van der Waals surface area (Å²) < 4.78 is 10.0. The summed E-state index contributed by atoms with van der Waals surface area (Å²) in [4.78, 5) is 0. The predicted octanol–water partition coefficient (Wildman–Crippen LogP) is 1.58. The molecule has 0 aliphatic heterocycles. The summed E-state index contributed by atoms with van der Waals surface area (Å²) in [5.74, 6) is 1.16. The van der Waals surface area contributed by atoms with Crippen LogP contribution in [0.2, 0.25) is 0 Å². The van der Waals surface area contributed by atoms with Gasteiger partial charge >= 0.3 is 0 Å². The van der Waals surface area contributed by atoms with Crippen LogP contribution in [0.3, 0.4) is 0 Å². The van der Waals surface area contributed by atoms with E-state index >= 15 is 0 Å². The van der Waals surface area contributed by atoms with E-state index in [1.807, 2.05) is 31.2 Å². The van der Waals surface area contributed by atoms with Gasteiger partial charge in [-0.2, -0.15) is 0 Å². The topological polar surface area (TPSA) is 74.2 Å². The number of nitrogens with zero attached hydrogens (tertiary/aromatic N) is 2. The zero-order chi connectivity index (χ0) is 11.4. The monoisotopic (exact) mass is 219 g/mol. The number of ether oxygens (including phenoxy) is 1. The molecule has 2 aromatic rings. The molecule has 2 rings (SSSR count). The second kappa shape index (κ2) is 4.65. The summed E-state index contributed by atoms with van der Waals surface area (Å²) in [6.07, 6.45) is 0.587. The first-order chi connectivity index (χ1) is 7.75. The van der Waals surface area contributed by atoms with Crippen LogP contribution in [0.1, 0.15) is 11.3 Å². The second-order valence-electron chi connectivity index (χ2n) is 3.51. The zero-order valence-corrected chi connectivity index (χ0v) is 9.01. The smallest absolute Gasteiger partial charge is 0.191 e. The third-order valence-electron chi connectivity index (χ3n) is 2.21. The van der Waals surface area contributed by atoms with Crippen LogP contribution in [0, 0.1) is 6.92 Å². The van der Waals surface area contributed by atoms with E-state index in [0.717, 1.165) is 5.75 Å². The molecule has 0 unspecified atom stereocenters. The number of hydrogen-bond acceptors (Lipinski definition) is 5. The number of aryl methyl sites for hydroxylation is 1. The molecular weight excluding hydrogens is 206 g/mol. The molecule has 0 aliphatic rings. The molecule has 1 aromatic carbocycles. The van der Waals surface area contributed by atoms with Crippen LogP contribution in [0.15, 0.2) is 28.9 Å². The van der Waals surface area contributed by atoms with Gasteiger partial charge in [-0.25, -0.2) is 4.63 Å². The Kier molecular flexibility index (Phi) is 3.05. The predicted molar refractivity (Wildman–Crippen MR) is 59.1 cm³/mol. The van der Waals surface area contributed by atoms with Gasteiger partial charge in [0.25, 0.3) is 0 Å². The summed E-state index contributed by atoms with van der Waals surface area (Å²) in [6.45, 7) is 2.53. The SMILES string of the molecule is Cc1ccc(OCCc2nonc2N)cc1. The highest BCUT2D eigenvalue weighted by molar-refractivity contribution is 5.31. The maximum absolute atomic E-state index is 5.52. The highest BCUT2D eigenvalue weighted by Crippen LogP contribution is 2.12. The van der Waals surface area contributed by atoms with Gasteiger partial charge in [0.15, 0.2) is 5.82 Å². The van der Waals surface area contributed by atoms with Crippen LogP contribution in [-0.2, 0) is 6.42 Å². The van der Waals surface area contributed by atoms with Crippen LogP contribution >= 0.6 is 0 Å². The van der Waals surface area contributed by atoms with Crippen molar-refractivity contribution in [1.82, 2.24) is 10.3 Å². The average Bonchev–Trinajstić information content (AvgIpc) is 2.68. The molecule has 0 radical (unpaired) electrons. The maximum atomic E-state index is 5.52. The van der Waals surface area contributed by atoms with Gasteiger partial charge in [-0.3, -0.25) is 0 Å². The first-order valence-corrected chi connectivity index (χ1v) is 5.02. The zero-order valence-electron chi connectivity index (χ0n) is 9.01. The molecule has 0 saturated heterocycles. The van der Waals surface area contributed by atoms with E-state index in [0.29, 0.717) is 24.5 Å². The Morgan fingerprint density at radius 2 is 2.00 bits per heavy atom.